The van der Waals surface area contributed by atoms with Gasteiger partial charge in [0.15, 0.2) is 6.23 Å². The van der Waals surface area contributed by atoms with Crippen LogP contribution in [0.2, 0.25) is 0 Å². The minimum absolute atomic E-state index is 0.0946. The predicted molar refractivity (Wildman–Crippen MR) is 75.8 cm³/mol. The van der Waals surface area contributed by atoms with Crippen molar-refractivity contribution in [1.82, 2.24) is 4.90 Å². The van der Waals surface area contributed by atoms with E-state index in [1.54, 1.807) is 0 Å². The van der Waals surface area contributed by atoms with Crippen LogP contribution in [-0.2, 0) is 9.53 Å². The lowest BCUT2D eigenvalue weighted by Gasteiger charge is -2.35. The standard InChI is InChI=1S/C17H21NO2/c1-17-11-20-16(12-7-3-2-4-8-12)18(17)15(19)13-9-5-6-10-14(13)17/h2-4,7-8,13-14,16H,5-6,9-11H2,1H3/t13?,14?,16?,17-/m0/s1. The number of carbonyl (C=O) groups excluding carboxylic acids is 1. The summed E-state index contributed by atoms with van der Waals surface area (Å²) in [6.45, 7) is 2.91. The van der Waals surface area contributed by atoms with Gasteiger partial charge in [-0.3, -0.25) is 4.79 Å². The maximum absolute atomic E-state index is 12.9. The molecule has 4 atom stereocenters. The van der Waals surface area contributed by atoms with Crippen molar-refractivity contribution in [3.63, 3.8) is 0 Å². The van der Waals surface area contributed by atoms with Crippen molar-refractivity contribution in [1.29, 1.82) is 0 Å². The number of hydrogen-bond donors (Lipinski definition) is 0. The van der Waals surface area contributed by atoms with E-state index in [2.05, 4.69) is 24.0 Å². The summed E-state index contributed by atoms with van der Waals surface area (Å²) in [6.07, 6.45) is 4.52. The van der Waals surface area contributed by atoms with Crippen LogP contribution in [0.1, 0.15) is 44.4 Å². The number of ether oxygens (including phenoxy) is 1. The second kappa shape index (κ2) is 4.32. The quantitative estimate of drug-likeness (QED) is 0.785. The summed E-state index contributed by atoms with van der Waals surface area (Å²) in [5, 5.41) is 0. The van der Waals surface area contributed by atoms with Crippen LogP contribution in [0.3, 0.4) is 0 Å². The molecule has 3 fully saturated rings. The van der Waals surface area contributed by atoms with Crippen LogP contribution < -0.4 is 0 Å². The van der Waals surface area contributed by atoms with Gasteiger partial charge >= 0.3 is 0 Å². The molecule has 0 radical (unpaired) electrons. The SMILES string of the molecule is C[C@@]12COC(c3ccccc3)N1C(=O)C1CCCCC12. The zero-order valence-electron chi connectivity index (χ0n) is 11.9. The topological polar surface area (TPSA) is 29.5 Å². The molecule has 0 spiro atoms. The zero-order valence-corrected chi connectivity index (χ0v) is 11.9. The molecule has 2 saturated heterocycles. The van der Waals surface area contributed by atoms with Gasteiger partial charge in [0.25, 0.3) is 0 Å². The van der Waals surface area contributed by atoms with E-state index in [0.717, 1.165) is 12.0 Å². The van der Waals surface area contributed by atoms with E-state index >= 15 is 0 Å². The van der Waals surface area contributed by atoms with Crippen LogP contribution in [0.4, 0.5) is 0 Å². The molecule has 1 aromatic carbocycles. The number of carbonyl (C=O) groups is 1. The van der Waals surface area contributed by atoms with Crippen LogP contribution in [0.15, 0.2) is 30.3 Å². The van der Waals surface area contributed by atoms with E-state index < -0.39 is 0 Å². The highest BCUT2D eigenvalue weighted by molar-refractivity contribution is 5.84. The number of rotatable bonds is 1. The Kier molecular flexibility index (Phi) is 2.68. The molecule has 1 saturated carbocycles. The Bertz CT molecular complexity index is 529. The molecular weight excluding hydrogens is 250 g/mol. The fourth-order valence-corrected chi connectivity index (χ4v) is 4.53. The number of amides is 1. The molecule has 20 heavy (non-hydrogen) atoms. The minimum atomic E-state index is -0.181. The number of benzene rings is 1. The second-order valence-electron chi connectivity index (χ2n) is 6.64. The van der Waals surface area contributed by atoms with Crippen molar-refractivity contribution in [2.75, 3.05) is 6.61 Å². The van der Waals surface area contributed by atoms with Crippen molar-refractivity contribution in [2.45, 2.75) is 44.4 Å². The summed E-state index contributed by atoms with van der Waals surface area (Å²) in [7, 11) is 0. The Hall–Kier alpha value is -1.35. The number of nitrogens with zero attached hydrogens (tertiary/aromatic N) is 1. The Labute approximate surface area is 119 Å². The summed E-state index contributed by atoms with van der Waals surface area (Å²) < 4.78 is 6.03. The Morgan fingerprint density at radius 2 is 1.95 bits per heavy atom. The average molecular weight is 271 g/mol. The van der Waals surface area contributed by atoms with E-state index in [9.17, 15) is 4.79 Å². The van der Waals surface area contributed by atoms with Gasteiger partial charge in [-0.05, 0) is 25.7 Å². The zero-order chi connectivity index (χ0) is 13.7. The Morgan fingerprint density at radius 3 is 2.75 bits per heavy atom. The summed E-state index contributed by atoms with van der Waals surface area (Å²) in [5.41, 5.74) is 1.01. The van der Waals surface area contributed by atoms with Gasteiger partial charge in [-0.25, -0.2) is 0 Å². The maximum Gasteiger partial charge on any atom is 0.228 e. The molecule has 106 valence electrons. The molecule has 3 unspecified atom stereocenters. The lowest BCUT2D eigenvalue weighted by Crippen LogP contribution is -2.44. The van der Waals surface area contributed by atoms with Crippen molar-refractivity contribution in [3.05, 3.63) is 35.9 Å². The second-order valence-corrected chi connectivity index (χ2v) is 6.64. The molecule has 1 aromatic rings. The molecule has 0 bridgehead atoms. The van der Waals surface area contributed by atoms with E-state index in [4.69, 9.17) is 4.74 Å². The average Bonchev–Trinajstić information content (AvgIpc) is 2.95. The summed E-state index contributed by atoms with van der Waals surface area (Å²) in [5.74, 6) is 1.05. The fourth-order valence-electron chi connectivity index (χ4n) is 4.53. The molecule has 0 aromatic heterocycles. The van der Waals surface area contributed by atoms with Crippen LogP contribution in [0.5, 0.6) is 0 Å². The van der Waals surface area contributed by atoms with Crippen molar-refractivity contribution >= 4 is 5.91 Å². The minimum Gasteiger partial charge on any atom is -0.351 e. The molecule has 4 rings (SSSR count). The van der Waals surface area contributed by atoms with Gasteiger partial charge in [-0.1, -0.05) is 43.2 Å². The molecule has 1 amide bonds. The van der Waals surface area contributed by atoms with E-state index in [1.165, 1.54) is 19.3 Å². The number of hydrogen-bond acceptors (Lipinski definition) is 2. The highest BCUT2D eigenvalue weighted by atomic mass is 16.5. The first-order valence-electron chi connectivity index (χ1n) is 7.71. The molecule has 0 N–H and O–H groups in total. The summed E-state index contributed by atoms with van der Waals surface area (Å²) >= 11 is 0. The third kappa shape index (κ3) is 1.53. The van der Waals surface area contributed by atoms with Crippen molar-refractivity contribution in [3.8, 4) is 0 Å². The first kappa shape index (κ1) is 12.4. The largest absolute Gasteiger partial charge is 0.351 e. The van der Waals surface area contributed by atoms with Crippen LogP contribution in [0.25, 0.3) is 0 Å². The summed E-state index contributed by atoms with van der Waals surface area (Å²) in [4.78, 5) is 14.9. The molecule has 1 aliphatic carbocycles. The molecule has 2 heterocycles. The van der Waals surface area contributed by atoms with Gasteiger partial charge in [0.1, 0.15) is 0 Å². The normalized spacial score (nSPS) is 39.8. The molecule has 3 heteroatoms. The lowest BCUT2D eigenvalue weighted by molar-refractivity contribution is -0.138. The van der Waals surface area contributed by atoms with Gasteiger partial charge in [0, 0.05) is 11.5 Å². The van der Waals surface area contributed by atoms with Gasteiger partial charge in [-0.2, -0.15) is 0 Å². The highest BCUT2D eigenvalue weighted by Crippen LogP contribution is 2.54. The maximum atomic E-state index is 12.9. The molecule has 3 nitrogen and oxygen atoms in total. The van der Waals surface area contributed by atoms with Crippen LogP contribution in [0, 0.1) is 11.8 Å². The Balaban J connectivity index is 1.73. The van der Waals surface area contributed by atoms with Gasteiger partial charge in [-0.15, -0.1) is 0 Å². The van der Waals surface area contributed by atoms with E-state index in [0.29, 0.717) is 18.4 Å². The highest BCUT2D eigenvalue weighted by Gasteiger charge is 2.61. The van der Waals surface area contributed by atoms with Crippen molar-refractivity contribution < 1.29 is 9.53 Å². The first-order valence-corrected chi connectivity index (χ1v) is 7.71. The third-order valence-electron chi connectivity index (χ3n) is 5.52. The monoisotopic (exact) mass is 271 g/mol. The lowest BCUT2D eigenvalue weighted by atomic mass is 9.73. The van der Waals surface area contributed by atoms with Crippen molar-refractivity contribution in [2.24, 2.45) is 11.8 Å². The Morgan fingerprint density at radius 1 is 1.20 bits per heavy atom. The fraction of sp³-hybridized carbons (Fsp3) is 0.588. The molecular formula is C17H21NO2. The smallest absolute Gasteiger partial charge is 0.228 e. The summed E-state index contributed by atoms with van der Waals surface area (Å²) in [6, 6.07) is 10.2. The predicted octanol–water partition coefficient (Wildman–Crippen LogP) is 3.12. The van der Waals surface area contributed by atoms with Gasteiger partial charge in [0.05, 0.1) is 12.1 Å². The van der Waals surface area contributed by atoms with E-state index in [1.807, 2.05) is 18.2 Å². The van der Waals surface area contributed by atoms with Gasteiger partial charge in [0.2, 0.25) is 5.91 Å². The molecule has 3 aliphatic rings. The molecule has 2 aliphatic heterocycles. The van der Waals surface area contributed by atoms with Crippen LogP contribution in [-0.4, -0.2) is 23.0 Å². The van der Waals surface area contributed by atoms with Crippen LogP contribution >= 0.6 is 0 Å². The number of fused-ring (bicyclic) bond motifs is 3. The van der Waals surface area contributed by atoms with Gasteiger partial charge < -0.3 is 9.64 Å². The first-order chi connectivity index (χ1) is 9.72. The van der Waals surface area contributed by atoms with E-state index in [-0.39, 0.29) is 17.7 Å². The third-order valence-corrected chi connectivity index (χ3v) is 5.52.